The van der Waals surface area contributed by atoms with Gasteiger partial charge in [-0.2, -0.15) is 0 Å². The molecule has 1 saturated heterocycles. The highest BCUT2D eigenvalue weighted by molar-refractivity contribution is 8.00. The average molecular weight is 452 g/mol. The fourth-order valence-corrected chi connectivity index (χ4v) is 5.04. The number of carbonyl (C=O) groups is 2. The molecule has 8 heteroatoms. The number of rotatable bonds is 7. The van der Waals surface area contributed by atoms with Gasteiger partial charge in [-0.3, -0.25) is 9.69 Å². The summed E-state index contributed by atoms with van der Waals surface area (Å²) in [6.07, 6.45) is 2.14. The molecule has 1 aliphatic rings. The summed E-state index contributed by atoms with van der Waals surface area (Å²) in [7, 11) is 0. The van der Waals surface area contributed by atoms with Gasteiger partial charge in [0.15, 0.2) is 0 Å². The molecule has 2 heterocycles. The monoisotopic (exact) mass is 451 g/mol. The van der Waals surface area contributed by atoms with Crippen LogP contribution >= 0.6 is 11.8 Å². The lowest BCUT2D eigenvalue weighted by atomic mass is 9.96. The van der Waals surface area contributed by atoms with Crippen molar-refractivity contribution in [2.75, 3.05) is 22.5 Å². The van der Waals surface area contributed by atoms with Crippen molar-refractivity contribution in [3.8, 4) is 0 Å². The second-order valence-corrected chi connectivity index (χ2v) is 8.48. The van der Waals surface area contributed by atoms with Gasteiger partial charge in [0, 0.05) is 18.4 Å². The van der Waals surface area contributed by atoms with Crippen LogP contribution < -0.4 is 10.2 Å². The number of aromatic carboxylic acids is 1. The largest absolute Gasteiger partial charge is 0.478 e. The molecule has 0 aliphatic carbocycles. The topological polar surface area (TPSA) is 82.5 Å². The van der Waals surface area contributed by atoms with E-state index in [1.807, 2.05) is 25.1 Å². The lowest BCUT2D eigenvalue weighted by molar-refractivity contribution is -0.115. The number of benzene rings is 2. The number of nitrogens with one attached hydrogen (secondary N) is 1. The number of hydrogen-bond acceptors (Lipinski definition) is 5. The highest BCUT2D eigenvalue weighted by Crippen LogP contribution is 2.43. The third kappa shape index (κ3) is 4.45. The maximum absolute atomic E-state index is 13.4. The first-order chi connectivity index (χ1) is 15.5. The number of carbonyl (C=O) groups excluding carboxylic acids is 1. The third-order valence-corrected chi connectivity index (χ3v) is 6.64. The smallest absolute Gasteiger partial charge is 0.335 e. The number of anilines is 2. The Labute approximate surface area is 189 Å². The van der Waals surface area contributed by atoms with Gasteiger partial charge >= 0.3 is 5.97 Å². The Hall–Kier alpha value is -3.39. The molecular formula is C24H22FN3O3S. The van der Waals surface area contributed by atoms with Gasteiger partial charge < -0.3 is 10.4 Å². The Morgan fingerprint density at radius 1 is 1.22 bits per heavy atom. The zero-order valence-corrected chi connectivity index (χ0v) is 18.2. The molecule has 6 nitrogen and oxygen atoms in total. The summed E-state index contributed by atoms with van der Waals surface area (Å²) >= 11 is 1.47. The van der Waals surface area contributed by atoms with E-state index in [0.717, 1.165) is 11.1 Å². The van der Waals surface area contributed by atoms with Crippen molar-refractivity contribution in [1.82, 2.24) is 4.98 Å². The van der Waals surface area contributed by atoms with Crippen LogP contribution in [0, 0.1) is 12.7 Å². The van der Waals surface area contributed by atoms with Crippen molar-refractivity contribution in [3.63, 3.8) is 0 Å². The first-order valence-corrected chi connectivity index (χ1v) is 11.2. The Balaban J connectivity index is 1.66. The van der Waals surface area contributed by atoms with Gasteiger partial charge in [-0.05, 0) is 66.4 Å². The van der Waals surface area contributed by atoms with Crippen LogP contribution in [0.4, 0.5) is 15.9 Å². The molecule has 1 aliphatic heterocycles. The van der Waals surface area contributed by atoms with Crippen LogP contribution in [0.15, 0.2) is 60.8 Å². The number of carboxylic acids is 1. The van der Waals surface area contributed by atoms with Gasteiger partial charge in [0.25, 0.3) is 0 Å². The number of aromatic nitrogens is 1. The van der Waals surface area contributed by atoms with Crippen molar-refractivity contribution in [1.29, 1.82) is 0 Å². The van der Waals surface area contributed by atoms with Crippen LogP contribution in [-0.4, -0.2) is 34.3 Å². The van der Waals surface area contributed by atoms with Gasteiger partial charge in [0.1, 0.15) is 17.0 Å². The Morgan fingerprint density at radius 2 is 2.00 bits per heavy atom. The molecule has 1 unspecified atom stereocenters. The number of amides is 1. The first-order valence-electron chi connectivity index (χ1n) is 10.2. The minimum absolute atomic E-state index is 0.0620. The normalized spacial score (nSPS) is 15.8. The van der Waals surface area contributed by atoms with Gasteiger partial charge in [-0.25, -0.2) is 14.2 Å². The van der Waals surface area contributed by atoms with Crippen LogP contribution in [0.1, 0.15) is 32.4 Å². The molecule has 164 valence electrons. The van der Waals surface area contributed by atoms with Crippen LogP contribution in [0.5, 0.6) is 0 Å². The predicted octanol–water partition coefficient (Wildman–Crippen LogP) is 4.66. The Kier molecular flexibility index (Phi) is 6.41. The molecular weight excluding hydrogens is 429 g/mol. The third-order valence-electron chi connectivity index (χ3n) is 5.43. The molecule has 0 radical (unpaired) electrons. The number of hydrogen-bond donors (Lipinski definition) is 2. The minimum atomic E-state index is -1.01. The molecule has 0 bridgehead atoms. The molecule has 32 heavy (non-hydrogen) atoms. The molecule has 0 spiro atoms. The van der Waals surface area contributed by atoms with E-state index < -0.39 is 5.97 Å². The van der Waals surface area contributed by atoms with Crippen LogP contribution in [-0.2, 0) is 11.2 Å². The van der Waals surface area contributed by atoms with Crippen molar-refractivity contribution in [2.45, 2.75) is 18.7 Å². The molecule has 4 rings (SSSR count). The summed E-state index contributed by atoms with van der Waals surface area (Å²) in [6.45, 7) is 2.33. The van der Waals surface area contributed by atoms with Crippen molar-refractivity contribution in [2.24, 2.45) is 0 Å². The molecule has 2 aromatic carbocycles. The van der Waals surface area contributed by atoms with E-state index in [-0.39, 0.29) is 22.7 Å². The highest BCUT2D eigenvalue weighted by Gasteiger charge is 2.35. The summed E-state index contributed by atoms with van der Waals surface area (Å²) in [5.41, 5.74) is 3.12. The lowest BCUT2D eigenvalue weighted by Gasteiger charge is -2.27. The van der Waals surface area contributed by atoms with E-state index in [9.17, 15) is 19.1 Å². The van der Waals surface area contributed by atoms with Gasteiger partial charge in [-0.1, -0.05) is 18.2 Å². The van der Waals surface area contributed by atoms with Crippen molar-refractivity contribution >= 4 is 35.1 Å². The summed E-state index contributed by atoms with van der Waals surface area (Å²) < 4.78 is 13.4. The van der Waals surface area contributed by atoms with E-state index in [2.05, 4.69) is 10.3 Å². The van der Waals surface area contributed by atoms with Crippen LogP contribution in [0.25, 0.3) is 0 Å². The van der Waals surface area contributed by atoms with Crippen molar-refractivity contribution < 1.29 is 19.1 Å². The Morgan fingerprint density at radius 3 is 2.69 bits per heavy atom. The minimum Gasteiger partial charge on any atom is -0.478 e. The van der Waals surface area contributed by atoms with Crippen LogP contribution in [0.3, 0.4) is 0 Å². The van der Waals surface area contributed by atoms with Crippen LogP contribution in [0.2, 0.25) is 0 Å². The van der Waals surface area contributed by atoms with Gasteiger partial charge in [0.05, 0.1) is 11.3 Å². The summed E-state index contributed by atoms with van der Waals surface area (Å²) in [6, 6.07) is 14.9. The number of pyridine rings is 1. The van der Waals surface area contributed by atoms with E-state index in [1.54, 1.807) is 35.4 Å². The van der Waals surface area contributed by atoms with E-state index in [4.69, 9.17) is 0 Å². The second kappa shape index (κ2) is 9.40. The van der Waals surface area contributed by atoms with E-state index >= 15 is 0 Å². The number of carboxylic acid groups (broad SMARTS) is 1. The lowest BCUT2D eigenvalue weighted by Crippen LogP contribution is -2.29. The number of thioether (sulfide) groups is 1. The van der Waals surface area contributed by atoms with Gasteiger partial charge in [-0.15, -0.1) is 11.8 Å². The summed E-state index contributed by atoms with van der Waals surface area (Å²) in [5.74, 6) is -0.392. The Bertz CT molecular complexity index is 1140. The quantitative estimate of drug-likeness (QED) is 0.544. The first kappa shape index (κ1) is 21.8. The second-order valence-electron chi connectivity index (χ2n) is 7.41. The average Bonchev–Trinajstić information content (AvgIpc) is 3.17. The molecule has 1 aromatic heterocycles. The maximum Gasteiger partial charge on any atom is 0.335 e. The predicted molar refractivity (Wildman–Crippen MR) is 124 cm³/mol. The number of nitrogens with zero attached hydrogens (tertiary/aromatic N) is 2. The zero-order valence-electron chi connectivity index (χ0n) is 17.4. The SMILES string of the molecule is Cc1c(N2C(=O)CSC2c2ccc(F)cc2)ccc(C(=O)O)c1CCNc1ccccn1. The fourth-order valence-electron chi connectivity index (χ4n) is 3.87. The zero-order chi connectivity index (χ0) is 22.7. The molecule has 1 atom stereocenters. The molecule has 0 saturated carbocycles. The molecule has 1 amide bonds. The summed E-state index contributed by atoms with van der Waals surface area (Å²) in [4.78, 5) is 30.6. The number of halogens is 1. The highest BCUT2D eigenvalue weighted by atomic mass is 32.2. The molecule has 1 fully saturated rings. The van der Waals surface area contributed by atoms with E-state index in [1.165, 1.54) is 23.9 Å². The molecule has 3 aromatic rings. The fraction of sp³-hybridized carbons (Fsp3) is 0.208. The van der Waals surface area contributed by atoms with Crippen molar-refractivity contribution in [3.05, 3.63) is 88.9 Å². The standard InChI is InChI=1S/C24H22FN3O3S/c1-15-18(11-13-27-21-4-2-3-12-26-21)19(24(30)31)9-10-20(15)28-22(29)14-32-23(28)16-5-7-17(25)8-6-16/h2-10,12,23H,11,13-14H2,1H3,(H,26,27)(H,30,31). The maximum atomic E-state index is 13.4. The van der Waals surface area contributed by atoms with E-state index in [0.29, 0.717) is 35.8 Å². The van der Waals surface area contributed by atoms with Gasteiger partial charge in [0.2, 0.25) is 5.91 Å². The summed E-state index contributed by atoms with van der Waals surface area (Å²) in [5, 5.41) is 12.6. The molecule has 2 N–H and O–H groups in total.